The van der Waals surface area contributed by atoms with Crippen molar-refractivity contribution in [1.82, 2.24) is 10.2 Å². The number of rotatable bonds is 7. The Kier molecular flexibility index (Phi) is 7.37. The Hall–Kier alpha value is -2.40. The van der Waals surface area contributed by atoms with Gasteiger partial charge in [-0.3, -0.25) is 19.8 Å². The second-order valence-electron chi connectivity index (χ2n) is 8.00. The minimum absolute atomic E-state index is 0.127. The molecule has 8 nitrogen and oxygen atoms in total. The number of morpholine rings is 1. The Morgan fingerprint density at radius 2 is 1.87 bits per heavy atom. The lowest BCUT2D eigenvalue weighted by molar-refractivity contribution is -0.384. The first kappa shape index (κ1) is 23.3. The lowest BCUT2D eigenvalue weighted by Gasteiger charge is -2.48. The molecular formula is C20H27F3N4O4. The fraction of sp³-hybridized carbons (Fsp3) is 0.650. The van der Waals surface area contributed by atoms with Gasteiger partial charge in [-0.15, -0.1) is 0 Å². The van der Waals surface area contributed by atoms with E-state index in [1.54, 1.807) is 0 Å². The molecule has 0 spiro atoms. The number of nitro benzene ring substituents is 1. The topological polar surface area (TPSA) is 96.7 Å². The molecule has 1 aliphatic carbocycles. The first-order valence-electron chi connectivity index (χ1n) is 10.4. The number of hydrogen-bond acceptors (Lipinski definition) is 6. The van der Waals surface area contributed by atoms with Gasteiger partial charge in [-0.05, 0) is 25.0 Å². The average molecular weight is 444 g/mol. The van der Waals surface area contributed by atoms with E-state index in [2.05, 4.69) is 15.5 Å². The predicted octanol–water partition coefficient (Wildman–Crippen LogP) is 3.18. The van der Waals surface area contributed by atoms with E-state index in [0.29, 0.717) is 25.8 Å². The van der Waals surface area contributed by atoms with E-state index in [-0.39, 0.29) is 23.7 Å². The molecule has 11 heteroatoms. The zero-order chi connectivity index (χ0) is 22.5. The van der Waals surface area contributed by atoms with Gasteiger partial charge in [-0.2, -0.15) is 13.2 Å². The summed E-state index contributed by atoms with van der Waals surface area (Å²) in [4.78, 5) is 25.1. The number of hydrogen-bond donors (Lipinski definition) is 2. The smallest absolute Gasteiger partial charge is 0.379 e. The van der Waals surface area contributed by atoms with Crippen molar-refractivity contribution in [2.24, 2.45) is 0 Å². The number of nitrogens with one attached hydrogen (secondary N) is 2. The Balaban J connectivity index is 1.61. The molecule has 0 atom stereocenters. The minimum atomic E-state index is -4.69. The number of alkyl halides is 3. The Bertz CT molecular complexity index is 791. The fourth-order valence-corrected chi connectivity index (χ4v) is 4.36. The molecule has 1 aromatic carbocycles. The van der Waals surface area contributed by atoms with Crippen LogP contribution in [0.1, 0.15) is 37.7 Å². The van der Waals surface area contributed by atoms with Crippen LogP contribution in [-0.2, 0) is 15.7 Å². The van der Waals surface area contributed by atoms with Crippen LogP contribution in [0.3, 0.4) is 0 Å². The molecule has 172 valence electrons. The third-order valence-corrected chi connectivity index (χ3v) is 6.04. The Morgan fingerprint density at radius 3 is 2.48 bits per heavy atom. The molecule has 2 aliphatic rings. The van der Waals surface area contributed by atoms with E-state index in [4.69, 9.17) is 4.74 Å². The fourth-order valence-electron chi connectivity index (χ4n) is 4.36. The summed E-state index contributed by atoms with van der Waals surface area (Å²) in [5.74, 6) is -0.368. The van der Waals surface area contributed by atoms with Crippen LogP contribution in [-0.4, -0.2) is 60.7 Å². The highest BCUT2D eigenvalue weighted by atomic mass is 19.4. The van der Waals surface area contributed by atoms with Crippen molar-refractivity contribution in [2.75, 3.05) is 44.7 Å². The summed E-state index contributed by atoms with van der Waals surface area (Å²) in [5, 5.41) is 16.7. The van der Waals surface area contributed by atoms with Crippen LogP contribution >= 0.6 is 0 Å². The van der Waals surface area contributed by atoms with E-state index in [0.717, 1.165) is 50.9 Å². The predicted molar refractivity (Wildman–Crippen MR) is 108 cm³/mol. The summed E-state index contributed by atoms with van der Waals surface area (Å²) in [5.41, 5.74) is -2.09. The molecule has 1 aromatic rings. The molecule has 1 heterocycles. The van der Waals surface area contributed by atoms with Gasteiger partial charge in [0.2, 0.25) is 5.91 Å². The molecule has 3 rings (SSSR count). The number of carbonyl (C=O) groups is 1. The summed E-state index contributed by atoms with van der Waals surface area (Å²) in [6, 6.07) is 2.20. The molecular weight excluding hydrogens is 417 g/mol. The van der Waals surface area contributed by atoms with Crippen LogP contribution < -0.4 is 10.6 Å². The summed E-state index contributed by atoms with van der Waals surface area (Å²) in [6.45, 7) is 3.13. The molecule has 1 aliphatic heterocycles. The number of nitro groups is 1. The highest BCUT2D eigenvalue weighted by Crippen LogP contribution is 2.35. The zero-order valence-electron chi connectivity index (χ0n) is 17.2. The first-order chi connectivity index (χ1) is 14.7. The standard InChI is InChI=1S/C20H27F3N4O4/c21-20(22,23)15-4-5-16(17(12-15)27(29)30)24-13-18(28)25-14-19(6-2-1-3-7-19)26-8-10-31-11-9-26/h4-5,12,24H,1-3,6-11,13-14H2,(H,25,28). The molecule has 1 saturated carbocycles. The van der Waals surface area contributed by atoms with Crippen molar-refractivity contribution in [1.29, 1.82) is 0 Å². The molecule has 1 saturated heterocycles. The van der Waals surface area contributed by atoms with Gasteiger partial charge in [0, 0.05) is 31.2 Å². The maximum atomic E-state index is 12.8. The second-order valence-corrected chi connectivity index (χ2v) is 8.00. The maximum absolute atomic E-state index is 12.8. The number of benzene rings is 1. The number of ether oxygens (including phenoxy) is 1. The van der Waals surface area contributed by atoms with Gasteiger partial charge in [-0.25, -0.2) is 0 Å². The van der Waals surface area contributed by atoms with E-state index in [1.807, 2.05) is 0 Å². The van der Waals surface area contributed by atoms with Crippen molar-refractivity contribution in [3.05, 3.63) is 33.9 Å². The van der Waals surface area contributed by atoms with Gasteiger partial charge in [0.15, 0.2) is 0 Å². The van der Waals surface area contributed by atoms with Crippen LogP contribution in [0.2, 0.25) is 0 Å². The van der Waals surface area contributed by atoms with Crippen molar-refractivity contribution in [3.8, 4) is 0 Å². The quantitative estimate of drug-likeness (QED) is 0.495. The van der Waals surface area contributed by atoms with Crippen molar-refractivity contribution in [3.63, 3.8) is 0 Å². The number of amides is 1. The average Bonchev–Trinajstić information content (AvgIpc) is 2.76. The number of anilines is 1. The third kappa shape index (κ3) is 5.85. The maximum Gasteiger partial charge on any atom is 0.416 e. The lowest BCUT2D eigenvalue weighted by atomic mass is 9.79. The molecule has 1 amide bonds. The summed E-state index contributed by atoms with van der Waals surface area (Å²) in [6.07, 6.45) is 0.607. The van der Waals surface area contributed by atoms with Crippen LogP contribution in [0.4, 0.5) is 24.5 Å². The van der Waals surface area contributed by atoms with Crippen LogP contribution in [0.5, 0.6) is 0 Å². The van der Waals surface area contributed by atoms with E-state index in [9.17, 15) is 28.1 Å². The molecule has 0 bridgehead atoms. The van der Waals surface area contributed by atoms with Gasteiger partial charge < -0.3 is 15.4 Å². The Morgan fingerprint density at radius 1 is 1.19 bits per heavy atom. The molecule has 2 N–H and O–H groups in total. The molecule has 0 unspecified atom stereocenters. The first-order valence-corrected chi connectivity index (χ1v) is 10.4. The molecule has 0 radical (unpaired) electrons. The normalized spacial score (nSPS) is 19.6. The number of halogens is 3. The van der Waals surface area contributed by atoms with Gasteiger partial charge >= 0.3 is 6.18 Å². The van der Waals surface area contributed by atoms with E-state index < -0.39 is 22.4 Å². The summed E-state index contributed by atoms with van der Waals surface area (Å²) < 4.78 is 43.9. The van der Waals surface area contributed by atoms with Crippen molar-refractivity contribution < 1.29 is 27.6 Å². The van der Waals surface area contributed by atoms with E-state index >= 15 is 0 Å². The minimum Gasteiger partial charge on any atom is -0.379 e. The van der Waals surface area contributed by atoms with Gasteiger partial charge in [0.1, 0.15) is 5.69 Å². The summed E-state index contributed by atoms with van der Waals surface area (Å²) in [7, 11) is 0. The van der Waals surface area contributed by atoms with Crippen molar-refractivity contribution in [2.45, 2.75) is 43.8 Å². The Labute approximate surface area is 178 Å². The van der Waals surface area contributed by atoms with Crippen LogP contribution in [0.15, 0.2) is 18.2 Å². The molecule has 31 heavy (non-hydrogen) atoms. The highest BCUT2D eigenvalue weighted by Gasteiger charge is 2.39. The third-order valence-electron chi connectivity index (χ3n) is 6.04. The molecule has 0 aromatic heterocycles. The number of nitrogens with zero attached hydrogens (tertiary/aromatic N) is 2. The molecule has 2 fully saturated rings. The second kappa shape index (κ2) is 9.82. The largest absolute Gasteiger partial charge is 0.416 e. The van der Waals surface area contributed by atoms with Crippen LogP contribution in [0.25, 0.3) is 0 Å². The zero-order valence-corrected chi connectivity index (χ0v) is 17.2. The SMILES string of the molecule is O=C(CNc1ccc(C(F)(F)F)cc1[N+](=O)[O-])NCC1(N2CCOCC2)CCCCC1. The van der Waals surface area contributed by atoms with E-state index in [1.165, 1.54) is 6.42 Å². The van der Waals surface area contributed by atoms with Crippen molar-refractivity contribution >= 4 is 17.3 Å². The van der Waals surface area contributed by atoms with Gasteiger partial charge in [0.25, 0.3) is 5.69 Å². The highest BCUT2D eigenvalue weighted by molar-refractivity contribution is 5.81. The summed E-state index contributed by atoms with van der Waals surface area (Å²) >= 11 is 0. The van der Waals surface area contributed by atoms with Crippen LogP contribution in [0, 0.1) is 10.1 Å². The lowest BCUT2D eigenvalue weighted by Crippen LogP contribution is -2.60. The van der Waals surface area contributed by atoms with Gasteiger partial charge in [-0.1, -0.05) is 19.3 Å². The monoisotopic (exact) mass is 444 g/mol. The number of carbonyl (C=O) groups excluding carboxylic acids is 1. The van der Waals surface area contributed by atoms with Gasteiger partial charge in [0.05, 0.1) is 30.2 Å².